The molecule has 4 nitrogen and oxygen atoms in total. The van der Waals surface area contributed by atoms with Crippen LogP contribution in [0.4, 0.5) is 0 Å². The van der Waals surface area contributed by atoms with Crippen LogP contribution in [0.3, 0.4) is 0 Å². The van der Waals surface area contributed by atoms with Crippen molar-refractivity contribution in [1.82, 2.24) is 5.32 Å². The Kier molecular flexibility index (Phi) is 6.81. The lowest BCUT2D eigenvalue weighted by atomic mass is 10.3. The molecule has 0 unspecified atom stereocenters. The summed E-state index contributed by atoms with van der Waals surface area (Å²) in [5, 5.41) is 2.74. The highest BCUT2D eigenvalue weighted by atomic mass is 32.2. The van der Waals surface area contributed by atoms with Crippen molar-refractivity contribution in [2.45, 2.75) is 17.1 Å². The number of nitrogens with one attached hydrogen (secondary N) is 1. The molecule has 0 aliphatic heterocycles. The summed E-state index contributed by atoms with van der Waals surface area (Å²) in [6.45, 7) is 2.75. The van der Waals surface area contributed by atoms with Gasteiger partial charge in [-0.3, -0.25) is 4.79 Å². The lowest BCUT2D eigenvalue weighted by Gasteiger charge is -2.13. The number of rotatable bonds is 8. The van der Waals surface area contributed by atoms with E-state index in [4.69, 9.17) is 9.47 Å². The Morgan fingerprint density at radius 2 is 1.74 bits per heavy atom. The summed E-state index contributed by atoms with van der Waals surface area (Å²) in [6, 6.07) is 17.3. The van der Waals surface area contributed by atoms with Gasteiger partial charge in [-0.25, -0.2) is 0 Å². The lowest BCUT2D eigenvalue weighted by Crippen LogP contribution is -2.33. The van der Waals surface area contributed by atoms with Gasteiger partial charge in [-0.2, -0.15) is 0 Å². The summed E-state index contributed by atoms with van der Waals surface area (Å²) in [6.07, 6.45) is 0. The topological polar surface area (TPSA) is 47.6 Å². The van der Waals surface area contributed by atoms with Crippen molar-refractivity contribution >= 4 is 17.7 Å². The third-order valence-corrected chi connectivity index (χ3v) is 4.27. The lowest BCUT2D eigenvalue weighted by molar-refractivity contribution is -0.120. The number of amides is 1. The molecule has 0 radical (unpaired) electrons. The number of ether oxygens (including phenoxy) is 2. The summed E-state index contributed by atoms with van der Waals surface area (Å²) >= 11 is 1.54. The van der Waals surface area contributed by atoms with Gasteiger partial charge in [-0.15, -0.1) is 11.8 Å². The second-order valence-corrected chi connectivity index (χ2v) is 6.28. The molecule has 23 heavy (non-hydrogen) atoms. The standard InChI is InChI=1S/C18H21NO3S/c1-14(23-15-8-4-3-5-9-15)18(20)19-12-13-22-17-11-7-6-10-16(17)21-2/h3-11,14H,12-13H2,1-2H3,(H,19,20)/t14-/m0/s1. The molecule has 0 heterocycles. The van der Waals surface area contributed by atoms with Gasteiger partial charge < -0.3 is 14.8 Å². The van der Waals surface area contributed by atoms with Gasteiger partial charge >= 0.3 is 0 Å². The van der Waals surface area contributed by atoms with Crippen molar-refractivity contribution in [3.63, 3.8) is 0 Å². The van der Waals surface area contributed by atoms with Gasteiger partial charge in [0, 0.05) is 4.90 Å². The highest BCUT2D eigenvalue weighted by molar-refractivity contribution is 8.00. The average molecular weight is 331 g/mol. The van der Waals surface area contributed by atoms with Crippen LogP contribution in [0.5, 0.6) is 11.5 Å². The minimum Gasteiger partial charge on any atom is -0.493 e. The number of carbonyl (C=O) groups is 1. The zero-order valence-corrected chi connectivity index (χ0v) is 14.1. The van der Waals surface area contributed by atoms with Crippen LogP contribution < -0.4 is 14.8 Å². The molecule has 2 rings (SSSR count). The van der Waals surface area contributed by atoms with Gasteiger partial charge in [-0.05, 0) is 31.2 Å². The monoisotopic (exact) mass is 331 g/mol. The first-order valence-corrected chi connectivity index (χ1v) is 8.34. The Morgan fingerprint density at radius 3 is 2.43 bits per heavy atom. The van der Waals surface area contributed by atoms with E-state index < -0.39 is 0 Å². The molecule has 0 saturated carbocycles. The number of hydrogen-bond donors (Lipinski definition) is 1. The third kappa shape index (κ3) is 5.53. The maximum absolute atomic E-state index is 12.1. The molecule has 0 aliphatic carbocycles. The van der Waals surface area contributed by atoms with Crippen molar-refractivity contribution in [3.05, 3.63) is 54.6 Å². The maximum atomic E-state index is 12.1. The first-order valence-electron chi connectivity index (χ1n) is 7.46. The van der Waals surface area contributed by atoms with Crippen molar-refractivity contribution in [1.29, 1.82) is 0 Å². The molecule has 0 aromatic heterocycles. The van der Waals surface area contributed by atoms with Crippen LogP contribution in [0.15, 0.2) is 59.5 Å². The predicted molar refractivity (Wildman–Crippen MR) is 93.3 cm³/mol. The first kappa shape index (κ1) is 17.2. The van der Waals surface area contributed by atoms with Crippen LogP contribution in [0.2, 0.25) is 0 Å². The summed E-state index contributed by atoms with van der Waals surface area (Å²) in [5.41, 5.74) is 0. The third-order valence-electron chi connectivity index (χ3n) is 3.15. The van der Waals surface area contributed by atoms with Gasteiger partial charge in [-0.1, -0.05) is 30.3 Å². The molecule has 0 aliphatic rings. The fourth-order valence-corrected chi connectivity index (χ4v) is 2.89. The number of hydrogen-bond acceptors (Lipinski definition) is 4. The van der Waals surface area contributed by atoms with Crippen LogP contribution in [0.1, 0.15) is 6.92 Å². The molecule has 0 fully saturated rings. The van der Waals surface area contributed by atoms with Gasteiger partial charge in [0.25, 0.3) is 0 Å². The maximum Gasteiger partial charge on any atom is 0.233 e. The molecular formula is C18H21NO3S. The SMILES string of the molecule is COc1ccccc1OCCNC(=O)[C@H](C)Sc1ccccc1. The second kappa shape index (κ2) is 9.10. The van der Waals surface area contributed by atoms with Gasteiger partial charge in [0.1, 0.15) is 6.61 Å². The van der Waals surface area contributed by atoms with E-state index in [2.05, 4.69) is 5.32 Å². The van der Waals surface area contributed by atoms with Gasteiger partial charge in [0.15, 0.2) is 11.5 Å². The van der Waals surface area contributed by atoms with E-state index >= 15 is 0 Å². The fourth-order valence-electron chi connectivity index (χ4n) is 1.97. The van der Waals surface area contributed by atoms with Gasteiger partial charge in [0.2, 0.25) is 5.91 Å². The zero-order valence-electron chi connectivity index (χ0n) is 13.3. The van der Waals surface area contributed by atoms with E-state index in [1.807, 2.05) is 61.5 Å². The predicted octanol–water partition coefficient (Wildman–Crippen LogP) is 3.37. The first-order chi connectivity index (χ1) is 11.2. The molecule has 122 valence electrons. The molecule has 2 aromatic rings. The summed E-state index contributed by atoms with van der Waals surface area (Å²) in [5.74, 6) is 1.37. The minimum absolute atomic E-state index is 0.00230. The van der Waals surface area contributed by atoms with E-state index in [0.717, 1.165) is 4.90 Å². The molecular weight excluding hydrogens is 310 g/mol. The quantitative estimate of drug-likeness (QED) is 0.595. The fraction of sp³-hybridized carbons (Fsp3) is 0.278. The number of methoxy groups -OCH3 is 1. The molecule has 2 aromatic carbocycles. The number of para-hydroxylation sites is 2. The van der Waals surface area contributed by atoms with Crippen molar-refractivity contribution in [2.24, 2.45) is 0 Å². The molecule has 0 spiro atoms. The van der Waals surface area contributed by atoms with E-state index in [0.29, 0.717) is 24.7 Å². The number of carbonyl (C=O) groups excluding carboxylic acids is 1. The van der Waals surface area contributed by atoms with Crippen LogP contribution in [-0.2, 0) is 4.79 Å². The zero-order chi connectivity index (χ0) is 16.5. The summed E-state index contributed by atoms with van der Waals surface area (Å²) < 4.78 is 10.8. The normalized spacial score (nSPS) is 11.6. The van der Waals surface area contributed by atoms with Crippen LogP contribution in [0, 0.1) is 0 Å². The molecule has 0 bridgehead atoms. The van der Waals surface area contributed by atoms with E-state index in [1.54, 1.807) is 7.11 Å². The highest BCUT2D eigenvalue weighted by Gasteiger charge is 2.13. The van der Waals surface area contributed by atoms with Gasteiger partial charge in [0.05, 0.1) is 18.9 Å². The van der Waals surface area contributed by atoms with E-state index in [-0.39, 0.29) is 11.2 Å². The number of benzene rings is 2. The Labute approximate surface area is 141 Å². The average Bonchev–Trinajstić information content (AvgIpc) is 2.59. The Balaban J connectivity index is 1.72. The molecule has 5 heteroatoms. The Bertz CT molecular complexity index is 619. The Hall–Kier alpha value is -2.14. The molecule has 1 N–H and O–H groups in total. The highest BCUT2D eigenvalue weighted by Crippen LogP contribution is 2.25. The largest absolute Gasteiger partial charge is 0.493 e. The Morgan fingerprint density at radius 1 is 1.09 bits per heavy atom. The summed E-state index contributed by atoms with van der Waals surface area (Å²) in [7, 11) is 1.60. The van der Waals surface area contributed by atoms with Crippen molar-refractivity contribution in [2.75, 3.05) is 20.3 Å². The molecule has 0 saturated heterocycles. The summed E-state index contributed by atoms with van der Waals surface area (Å²) in [4.78, 5) is 13.2. The number of thioether (sulfide) groups is 1. The van der Waals surface area contributed by atoms with E-state index in [1.165, 1.54) is 11.8 Å². The second-order valence-electron chi connectivity index (χ2n) is 4.86. The smallest absolute Gasteiger partial charge is 0.233 e. The molecule has 1 atom stereocenters. The van der Waals surface area contributed by atoms with E-state index in [9.17, 15) is 4.79 Å². The van der Waals surface area contributed by atoms with Crippen molar-refractivity contribution in [3.8, 4) is 11.5 Å². The van der Waals surface area contributed by atoms with Crippen LogP contribution in [0.25, 0.3) is 0 Å². The minimum atomic E-state index is -0.149. The van der Waals surface area contributed by atoms with Crippen LogP contribution >= 0.6 is 11.8 Å². The van der Waals surface area contributed by atoms with Crippen molar-refractivity contribution < 1.29 is 14.3 Å². The van der Waals surface area contributed by atoms with Crippen LogP contribution in [-0.4, -0.2) is 31.4 Å². The molecule has 1 amide bonds.